The number of anilines is 3. The molecular formula is C21H23N7. The molecule has 0 aliphatic carbocycles. The SMILES string of the molecule is Cc1cc(N(C)C)nc(N2CCN(c3cc(C#N)c4ccccc4n3)CC2)n1. The van der Waals surface area contributed by atoms with Crippen LogP contribution in [-0.4, -0.2) is 55.2 Å². The molecule has 0 atom stereocenters. The smallest absolute Gasteiger partial charge is 0.227 e. The Kier molecular flexibility index (Phi) is 4.70. The third kappa shape index (κ3) is 3.41. The van der Waals surface area contributed by atoms with Gasteiger partial charge in [-0.25, -0.2) is 9.97 Å². The van der Waals surface area contributed by atoms with Crippen LogP contribution in [0.15, 0.2) is 36.4 Å². The van der Waals surface area contributed by atoms with Gasteiger partial charge in [0.05, 0.1) is 17.1 Å². The lowest BCUT2D eigenvalue weighted by molar-refractivity contribution is 0.634. The molecule has 0 unspecified atom stereocenters. The molecule has 28 heavy (non-hydrogen) atoms. The fourth-order valence-electron chi connectivity index (χ4n) is 3.46. The summed E-state index contributed by atoms with van der Waals surface area (Å²) in [6.07, 6.45) is 0. The molecule has 1 aromatic carbocycles. The van der Waals surface area contributed by atoms with Crippen LogP contribution in [0.25, 0.3) is 10.9 Å². The van der Waals surface area contributed by atoms with Gasteiger partial charge in [-0.2, -0.15) is 10.2 Å². The number of aromatic nitrogens is 3. The minimum atomic E-state index is 0.667. The molecule has 3 aromatic rings. The molecule has 1 aliphatic rings. The Hall–Kier alpha value is -3.40. The van der Waals surface area contributed by atoms with Crippen molar-refractivity contribution in [1.82, 2.24) is 15.0 Å². The normalized spacial score (nSPS) is 14.2. The van der Waals surface area contributed by atoms with Crippen molar-refractivity contribution in [3.63, 3.8) is 0 Å². The van der Waals surface area contributed by atoms with Gasteiger partial charge in [0, 0.05) is 57.4 Å². The molecule has 1 aliphatic heterocycles. The van der Waals surface area contributed by atoms with Gasteiger partial charge in [0.1, 0.15) is 11.6 Å². The van der Waals surface area contributed by atoms with E-state index in [-0.39, 0.29) is 0 Å². The predicted octanol–water partition coefficient (Wildman–Crippen LogP) is 2.60. The van der Waals surface area contributed by atoms with E-state index in [2.05, 4.69) is 25.8 Å². The van der Waals surface area contributed by atoms with E-state index in [0.717, 1.165) is 60.4 Å². The van der Waals surface area contributed by atoms with Gasteiger partial charge in [0.2, 0.25) is 5.95 Å². The zero-order valence-corrected chi connectivity index (χ0v) is 16.4. The van der Waals surface area contributed by atoms with Gasteiger partial charge in [0.15, 0.2) is 0 Å². The van der Waals surface area contributed by atoms with Crippen LogP contribution in [0, 0.1) is 18.3 Å². The fourth-order valence-corrected chi connectivity index (χ4v) is 3.46. The lowest BCUT2D eigenvalue weighted by Gasteiger charge is -2.35. The van der Waals surface area contributed by atoms with E-state index in [1.54, 1.807) is 0 Å². The Morgan fingerprint density at radius 2 is 1.68 bits per heavy atom. The average Bonchev–Trinajstić information content (AvgIpc) is 2.72. The van der Waals surface area contributed by atoms with E-state index < -0.39 is 0 Å². The third-order valence-electron chi connectivity index (χ3n) is 5.00. The van der Waals surface area contributed by atoms with E-state index in [1.165, 1.54) is 0 Å². The van der Waals surface area contributed by atoms with Crippen LogP contribution in [-0.2, 0) is 0 Å². The molecule has 7 heteroatoms. The van der Waals surface area contributed by atoms with Crippen molar-refractivity contribution in [3.8, 4) is 6.07 Å². The Bertz CT molecular complexity index is 1050. The van der Waals surface area contributed by atoms with Crippen molar-refractivity contribution in [2.24, 2.45) is 0 Å². The van der Waals surface area contributed by atoms with Gasteiger partial charge >= 0.3 is 0 Å². The number of hydrogen-bond donors (Lipinski definition) is 0. The van der Waals surface area contributed by atoms with Crippen LogP contribution in [0.1, 0.15) is 11.3 Å². The van der Waals surface area contributed by atoms with Crippen LogP contribution in [0.2, 0.25) is 0 Å². The van der Waals surface area contributed by atoms with E-state index in [4.69, 9.17) is 4.98 Å². The molecular weight excluding hydrogens is 350 g/mol. The maximum Gasteiger partial charge on any atom is 0.227 e. The maximum atomic E-state index is 9.52. The zero-order chi connectivity index (χ0) is 19.7. The van der Waals surface area contributed by atoms with Crippen LogP contribution in [0.5, 0.6) is 0 Å². The number of piperazine rings is 1. The van der Waals surface area contributed by atoms with Crippen LogP contribution in [0.4, 0.5) is 17.6 Å². The molecule has 0 spiro atoms. The summed E-state index contributed by atoms with van der Waals surface area (Å²) in [5.74, 6) is 2.54. The number of benzene rings is 1. The van der Waals surface area contributed by atoms with E-state index in [1.807, 2.05) is 62.3 Å². The van der Waals surface area contributed by atoms with Crippen molar-refractivity contribution >= 4 is 28.5 Å². The second-order valence-corrected chi connectivity index (χ2v) is 7.19. The second-order valence-electron chi connectivity index (χ2n) is 7.19. The Balaban J connectivity index is 1.55. The summed E-state index contributed by atoms with van der Waals surface area (Å²) in [5, 5.41) is 10.4. The van der Waals surface area contributed by atoms with E-state index in [9.17, 15) is 5.26 Å². The lowest BCUT2D eigenvalue weighted by Crippen LogP contribution is -2.47. The van der Waals surface area contributed by atoms with E-state index >= 15 is 0 Å². The third-order valence-corrected chi connectivity index (χ3v) is 5.00. The number of hydrogen-bond acceptors (Lipinski definition) is 7. The van der Waals surface area contributed by atoms with Crippen LogP contribution in [0.3, 0.4) is 0 Å². The first-order chi connectivity index (χ1) is 13.5. The number of aryl methyl sites for hydroxylation is 1. The molecule has 0 bridgehead atoms. The minimum absolute atomic E-state index is 0.667. The summed E-state index contributed by atoms with van der Waals surface area (Å²) in [6, 6.07) is 14.0. The van der Waals surface area contributed by atoms with Crippen molar-refractivity contribution in [2.45, 2.75) is 6.92 Å². The number of fused-ring (bicyclic) bond motifs is 1. The largest absolute Gasteiger partial charge is 0.363 e. The summed E-state index contributed by atoms with van der Waals surface area (Å²) in [5.41, 5.74) is 2.49. The highest BCUT2D eigenvalue weighted by Gasteiger charge is 2.21. The van der Waals surface area contributed by atoms with Gasteiger partial charge in [0.25, 0.3) is 0 Å². The average molecular weight is 373 g/mol. The number of nitriles is 1. The highest BCUT2D eigenvalue weighted by Crippen LogP contribution is 2.24. The quantitative estimate of drug-likeness (QED) is 0.699. The number of nitrogens with zero attached hydrogens (tertiary/aromatic N) is 7. The van der Waals surface area contributed by atoms with Crippen molar-refractivity contribution in [3.05, 3.63) is 47.7 Å². The summed E-state index contributed by atoms with van der Waals surface area (Å²) >= 11 is 0. The predicted molar refractivity (Wildman–Crippen MR) is 112 cm³/mol. The van der Waals surface area contributed by atoms with Gasteiger partial charge < -0.3 is 14.7 Å². The molecule has 142 valence electrons. The monoisotopic (exact) mass is 373 g/mol. The molecule has 4 rings (SSSR count). The molecule has 2 aromatic heterocycles. The first-order valence-electron chi connectivity index (χ1n) is 9.38. The Labute approximate surface area is 164 Å². The number of para-hydroxylation sites is 1. The second kappa shape index (κ2) is 7.31. The topological polar surface area (TPSA) is 72.2 Å². The summed E-state index contributed by atoms with van der Waals surface area (Å²) in [4.78, 5) is 20.5. The molecule has 1 saturated heterocycles. The van der Waals surface area contributed by atoms with E-state index in [0.29, 0.717) is 5.56 Å². The van der Waals surface area contributed by atoms with Gasteiger partial charge in [-0.15, -0.1) is 0 Å². The molecule has 1 fully saturated rings. The summed E-state index contributed by atoms with van der Waals surface area (Å²) < 4.78 is 0. The highest BCUT2D eigenvalue weighted by atomic mass is 15.3. The molecule has 3 heterocycles. The van der Waals surface area contributed by atoms with Gasteiger partial charge in [-0.3, -0.25) is 0 Å². The Morgan fingerprint density at radius 3 is 2.39 bits per heavy atom. The molecule has 7 nitrogen and oxygen atoms in total. The fraction of sp³-hybridized carbons (Fsp3) is 0.333. The van der Waals surface area contributed by atoms with Gasteiger partial charge in [-0.05, 0) is 19.1 Å². The summed E-state index contributed by atoms with van der Waals surface area (Å²) in [6.45, 7) is 5.24. The first kappa shape index (κ1) is 18.0. The van der Waals surface area contributed by atoms with Crippen molar-refractivity contribution in [2.75, 3.05) is 55.0 Å². The molecule has 0 amide bonds. The number of pyridine rings is 1. The van der Waals surface area contributed by atoms with Crippen molar-refractivity contribution in [1.29, 1.82) is 5.26 Å². The lowest BCUT2D eigenvalue weighted by atomic mass is 10.1. The highest BCUT2D eigenvalue weighted by molar-refractivity contribution is 5.86. The summed E-state index contributed by atoms with van der Waals surface area (Å²) in [7, 11) is 3.98. The van der Waals surface area contributed by atoms with Crippen LogP contribution < -0.4 is 14.7 Å². The molecule has 0 radical (unpaired) electrons. The zero-order valence-electron chi connectivity index (χ0n) is 16.4. The number of rotatable bonds is 3. The Morgan fingerprint density at radius 1 is 0.964 bits per heavy atom. The molecule has 0 saturated carbocycles. The minimum Gasteiger partial charge on any atom is -0.363 e. The van der Waals surface area contributed by atoms with Crippen molar-refractivity contribution < 1.29 is 0 Å². The first-order valence-corrected chi connectivity index (χ1v) is 9.38. The molecule has 0 N–H and O–H groups in total. The standard InChI is InChI=1S/C21H23N7/c1-15-12-19(26(2)3)25-21(23-15)28-10-8-27(9-11-28)20-13-16(14-22)17-6-4-5-7-18(17)24-20/h4-7,12-13H,8-11H2,1-3H3. The maximum absolute atomic E-state index is 9.52. The van der Waals surface area contributed by atoms with Crippen LogP contribution >= 0.6 is 0 Å². The van der Waals surface area contributed by atoms with Gasteiger partial charge in [-0.1, -0.05) is 18.2 Å².